The van der Waals surface area contributed by atoms with E-state index >= 15 is 0 Å². The predicted molar refractivity (Wildman–Crippen MR) is 271 cm³/mol. The first-order valence-corrected chi connectivity index (χ1v) is 24.9. The van der Waals surface area contributed by atoms with Crippen LogP contribution in [0.15, 0.2) is 158 Å². The van der Waals surface area contributed by atoms with E-state index in [0.29, 0.717) is 0 Å². The van der Waals surface area contributed by atoms with Crippen LogP contribution in [-0.2, 0) is 22.3 Å². The summed E-state index contributed by atoms with van der Waals surface area (Å²) < 4.78 is 13.8. The second-order valence-electron chi connectivity index (χ2n) is 17.5. The Kier molecular flexibility index (Phi) is 16.3. The van der Waals surface area contributed by atoms with Gasteiger partial charge in [0.15, 0.2) is 0 Å². The highest BCUT2D eigenvalue weighted by molar-refractivity contribution is 7.19. The summed E-state index contributed by atoms with van der Waals surface area (Å²) >= 11 is 1.96. The Balaban J connectivity index is 1.12. The van der Waals surface area contributed by atoms with Crippen molar-refractivity contribution in [1.82, 2.24) is 0 Å². The average molecular weight is 851 g/mol. The zero-order chi connectivity index (χ0) is 43.1. The molecule has 2 nitrogen and oxygen atoms in total. The van der Waals surface area contributed by atoms with Gasteiger partial charge in [0.05, 0.1) is 12.2 Å². The van der Waals surface area contributed by atoms with Gasteiger partial charge in [-0.2, -0.15) is 0 Å². The SMILES string of the molecule is CCCCCCCCO[C@H]1Cc2c(-c3ccc(-c4ccccc4-c4ccccc4)cc3)sc(-c3ccc(-c4ccccc4-c4ccccc4)cc3)c2C[C@@H]1OCCCCCCCC. The van der Waals surface area contributed by atoms with Gasteiger partial charge in [0.1, 0.15) is 0 Å². The molecule has 3 heteroatoms. The largest absolute Gasteiger partial charge is 0.375 e. The summed E-state index contributed by atoms with van der Waals surface area (Å²) in [5.41, 5.74) is 15.4. The van der Waals surface area contributed by atoms with Gasteiger partial charge in [0, 0.05) is 35.8 Å². The first-order chi connectivity index (χ1) is 31.2. The number of unbranched alkanes of at least 4 members (excludes halogenated alkanes) is 10. The van der Waals surface area contributed by atoms with Crippen LogP contribution in [0.5, 0.6) is 0 Å². The number of benzene rings is 6. The first kappa shape index (κ1) is 44.5. The molecule has 1 aliphatic rings. The van der Waals surface area contributed by atoms with Gasteiger partial charge in [-0.3, -0.25) is 0 Å². The lowest BCUT2D eigenvalue weighted by atomic mass is 9.85. The predicted octanol–water partition coefficient (Wildman–Crippen LogP) is 17.3. The highest BCUT2D eigenvalue weighted by Gasteiger charge is 2.35. The third-order valence-corrected chi connectivity index (χ3v) is 14.3. The third-order valence-electron chi connectivity index (χ3n) is 12.9. The minimum atomic E-state index is 0.0447. The van der Waals surface area contributed by atoms with E-state index in [-0.39, 0.29) is 12.2 Å². The Labute approximate surface area is 382 Å². The van der Waals surface area contributed by atoms with Crippen molar-refractivity contribution in [2.24, 2.45) is 0 Å². The lowest BCUT2D eigenvalue weighted by Crippen LogP contribution is -2.39. The molecule has 0 N–H and O–H groups in total. The average Bonchev–Trinajstić information content (AvgIpc) is 3.72. The molecule has 1 aromatic heterocycles. The zero-order valence-corrected chi connectivity index (χ0v) is 38.5. The molecule has 0 aliphatic heterocycles. The van der Waals surface area contributed by atoms with E-state index in [1.165, 1.54) is 141 Å². The fourth-order valence-electron chi connectivity index (χ4n) is 9.44. The number of ether oxygens (including phenoxy) is 2. The number of fused-ring (bicyclic) bond motifs is 1. The van der Waals surface area contributed by atoms with Gasteiger partial charge in [0.25, 0.3) is 0 Å². The van der Waals surface area contributed by atoms with Crippen LogP contribution in [0.4, 0.5) is 0 Å². The van der Waals surface area contributed by atoms with Crippen LogP contribution in [-0.4, -0.2) is 25.4 Å². The molecule has 1 aliphatic carbocycles. The van der Waals surface area contributed by atoms with Crippen molar-refractivity contribution in [3.05, 3.63) is 169 Å². The fourth-order valence-corrected chi connectivity index (χ4v) is 10.8. The van der Waals surface area contributed by atoms with Gasteiger partial charge >= 0.3 is 0 Å². The van der Waals surface area contributed by atoms with E-state index in [4.69, 9.17) is 9.47 Å². The first-order valence-electron chi connectivity index (χ1n) is 24.1. The number of hydrogen-bond donors (Lipinski definition) is 0. The molecule has 0 saturated carbocycles. The molecule has 7 aromatic rings. The highest BCUT2D eigenvalue weighted by atomic mass is 32.1. The van der Waals surface area contributed by atoms with Gasteiger partial charge < -0.3 is 9.47 Å². The third kappa shape index (κ3) is 11.4. The molecule has 0 amide bonds. The normalized spacial score (nSPS) is 14.8. The van der Waals surface area contributed by atoms with E-state index in [1.807, 2.05) is 11.3 Å². The Hall–Kier alpha value is -5.06. The molecule has 63 heavy (non-hydrogen) atoms. The van der Waals surface area contributed by atoms with Crippen molar-refractivity contribution in [1.29, 1.82) is 0 Å². The van der Waals surface area contributed by atoms with Gasteiger partial charge in [0.2, 0.25) is 0 Å². The molecule has 6 aromatic carbocycles. The molecule has 0 saturated heterocycles. The summed E-state index contributed by atoms with van der Waals surface area (Å²) in [6.07, 6.45) is 17.0. The molecular formula is C60H66O2S. The standard InChI is InChI=1S/C60H66O2S/c1-3-5-7-9-11-23-41-61-57-43-55-56(44-58(57)62-42-24-12-10-8-6-4-2)60(50-39-35-48(36-40-50)54-32-22-20-30-52(54)46-27-17-14-18-28-46)63-59(55)49-37-33-47(34-38-49)53-31-21-19-29-51(53)45-25-15-13-16-26-45/h13-22,25-40,57-58H,3-12,23-24,41-44H2,1-2H3/t57-,58-/m0/s1. The molecule has 8 rings (SSSR count). The van der Waals surface area contributed by atoms with E-state index in [9.17, 15) is 0 Å². The number of rotatable bonds is 22. The molecule has 0 radical (unpaired) electrons. The van der Waals surface area contributed by atoms with Crippen molar-refractivity contribution in [3.63, 3.8) is 0 Å². The molecule has 0 bridgehead atoms. The van der Waals surface area contributed by atoms with Crippen LogP contribution >= 0.6 is 11.3 Å². The van der Waals surface area contributed by atoms with Crippen LogP contribution in [0.3, 0.4) is 0 Å². The quantitative estimate of drug-likeness (QED) is 0.0633. The van der Waals surface area contributed by atoms with Crippen LogP contribution in [0.25, 0.3) is 65.4 Å². The van der Waals surface area contributed by atoms with Gasteiger partial charge in [-0.15, -0.1) is 11.3 Å². The van der Waals surface area contributed by atoms with Crippen molar-refractivity contribution in [2.75, 3.05) is 13.2 Å². The van der Waals surface area contributed by atoms with Crippen molar-refractivity contribution >= 4 is 11.3 Å². The van der Waals surface area contributed by atoms with Crippen LogP contribution < -0.4 is 0 Å². The maximum absolute atomic E-state index is 6.90. The molecule has 0 unspecified atom stereocenters. The molecular weight excluding hydrogens is 785 g/mol. The highest BCUT2D eigenvalue weighted by Crippen LogP contribution is 2.47. The van der Waals surface area contributed by atoms with Crippen molar-refractivity contribution in [3.8, 4) is 65.4 Å². The Morgan fingerprint density at radius 2 is 0.651 bits per heavy atom. The van der Waals surface area contributed by atoms with Crippen LogP contribution in [0.2, 0.25) is 0 Å². The zero-order valence-electron chi connectivity index (χ0n) is 37.7. The molecule has 0 fully saturated rings. The molecule has 0 spiro atoms. The summed E-state index contributed by atoms with van der Waals surface area (Å²) in [6.45, 7) is 6.18. The molecule has 2 atom stereocenters. The lowest BCUT2D eigenvalue weighted by molar-refractivity contribution is -0.0781. The summed E-state index contributed by atoms with van der Waals surface area (Å²) in [7, 11) is 0. The van der Waals surface area contributed by atoms with E-state index in [1.54, 1.807) is 0 Å². The lowest BCUT2D eigenvalue weighted by Gasteiger charge is -2.33. The van der Waals surface area contributed by atoms with E-state index < -0.39 is 0 Å². The summed E-state index contributed by atoms with van der Waals surface area (Å²) in [5.74, 6) is 0. The van der Waals surface area contributed by atoms with Crippen LogP contribution in [0, 0.1) is 0 Å². The second-order valence-corrected chi connectivity index (χ2v) is 18.5. The monoisotopic (exact) mass is 850 g/mol. The van der Waals surface area contributed by atoms with Gasteiger partial charge in [-0.05, 0) is 79.6 Å². The Morgan fingerprint density at radius 1 is 0.349 bits per heavy atom. The molecule has 1 heterocycles. The minimum absolute atomic E-state index is 0.0447. The van der Waals surface area contributed by atoms with Crippen LogP contribution in [0.1, 0.15) is 102 Å². The second kappa shape index (κ2) is 23.0. The molecule has 324 valence electrons. The fraction of sp³-hybridized carbons (Fsp3) is 0.333. The maximum atomic E-state index is 6.90. The summed E-state index contributed by atoms with van der Waals surface area (Å²) in [6, 6.07) is 57.8. The topological polar surface area (TPSA) is 18.5 Å². The van der Waals surface area contributed by atoms with Crippen molar-refractivity contribution in [2.45, 2.75) is 116 Å². The summed E-state index contributed by atoms with van der Waals surface area (Å²) in [4.78, 5) is 2.73. The number of thiophene rings is 1. The van der Waals surface area contributed by atoms with Crippen molar-refractivity contribution < 1.29 is 9.47 Å². The number of hydrogen-bond acceptors (Lipinski definition) is 3. The van der Waals surface area contributed by atoms with Gasteiger partial charge in [-0.25, -0.2) is 0 Å². The van der Waals surface area contributed by atoms with E-state index in [2.05, 4.69) is 172 Å². The minimum Gasteiger partial charge on any atom is -0.375 e. The van der Waals surface area contributed by atoms with E-state index in [0.717, 1.165) is 38.9 Å². The maximum Gasteiger partial charge on any atom is 0.0880 e. The summed E-state index contributed by atoms with van der Waals surface area (Å²) in [5, 5.41) is 0. The van der Waals surface area contributed by atoms with Gasteiger partial charge in [-0.1, -0.05) is 236 Å². The Bertz CT molecular complexity index is 2260. The smallest absolute Gasteiger partial charge is 0.0880 e. The Morgan fingerprint density at radius 3 is 1.02 bits per heavy atom.